The Morgan fingerprint density at radius 3 is 2.21 bits per heavy atom. The van der Waals surface area contributed by atoms with E-state index in [2.05, 4.69) is 5.32 Å². The summed E-state index contributed by atoms with van der Waals surface area (Å²) in [6.45, 7) is 2.02. The molecular weight excluding hydrogens is 314 g/mol. The highest BCUT2D eigenvalue weighted by atomic mass is 32.2. The lowest BCUT2D eigenvalue weighted by molar-refractivity contribution is -0.115. The van der Waals surface area contributed by atoms with E-state index in [0.29, 0.717) is 0 Å². The molecule has 0 unspecified atom stereocenters. The summed E-state index contributed by atoms with van der Waals surface area (Å²) in [6.07, 6.45) is 0. The molecule has 0 heterocycles. The predicted molar refractivity (Wildman–Crippen MR) is 101 cm³/mol. The first-order chi connectivity index (χ1) is 11.7. The molecule has 0 bridgehead atoms. The zero-order chi connectivity index (χ0) is 16.8. The molecule has 24 heavy (non-hydrogen) atoms. The number of hydrogen-bond donors (Lipinski definition) is 1. The van der Waals surface area contributed by atoms with Gasteiger partial charge in [-0.1, -0.05) is 60.7 Å². The van der Waals surface area contributed by atoms with Gasteiger partial charge in [0.15, 0.2) is 0 Å². The number of rotatable bonds is 5. The molecule has 0 fully saturated rings. The molecule has 3 rings (SSSR count). The Morgan fingerprint density at radius 2 is 1.54 bits per heavy atom. The fourth-order valence-corrected chi connectivity index (χ4v) is 3.51. The van der Waals surface area contributed by atoms with Crippen LogP contribution in [0.25, 0.3) is 0 Å². The fourth-order valence-electron chi connectivity index (χ4n) is 2.47. The number of nitrogens with one attached hydrogen (secondary N) is 1. The molecule has 0 aliphatic heterocycles. The van der Waals surface area contributed by atoms with Crippen molar-refractivity contribution in [3.63, 3.8) is 0 Å². The SMILES string of the molecule is Cc1cccc(NC(=O)[C@@H](Sc2ccccc2)c2ccccc2)c1. The van der Waals surface area contributed by atoms with Crippen LogP contribution in [0.15, 0.2) is 89.8 Å². The van der Waals surface area contributed by atoms with Crippen molar-refractivity contribution < 1.29 is 4.79 Å². The third-order valence-electron chi connectivity index (χ3n) is 3.62. The zero-order valence-electron chi connectivity index (χ0n) is 13.5. The molecule has 0 saturated heterocycles. The monoisotopic (exact) mass is 333 g/mol. The van der Waals surface area contributed by atoms with Crippen LogP contribution in [0.4, 0.5) is 5.69 Å². The Hall–Kier alpha value is -2.52. The summed E-state index contributed by atoms with van der Waals surface area (Å²) < 4.78 is 0. The number of thioether (sulfide) groups is 1. The third-order valence-corrected chi connectivity index (χ3v) is 4.89. The molecule has 3 aromatic rings. The molecule has 1 N–H and O–H groups in total. The van der Waals surface area contributed by atoms with Gasteiger partial charge in [0.1, 0.15) is 5.25 Å². The Labute approximate surface area is 146 Å². The summed E-state index contributed by atoms with van der Waals surface area (Å²) in [7, 11) is 0. The highest BCUT2D eigenvalue weighted by molar-refractivity contribution is 8.00. The van der Waals surface area contributed by atoms with Crippen molar-refractivity contribution in [2.75, 3.05) is 5.32 Å². The molecule has 0 aromatic heterocycles. The second-order valence-electron chi connectivity index (χ2n) is 5.58. The molecule has 3 heteroatoms. The van der Waals surface area contributed by atoms with Crippen LogP contribution in [-0.2, 0) is 4.79 Å². The predicted octanol–water partition coefficient (Wildman–Crippen LogP) is 5.47. The van der Waals surface area contributed by atoms with Crippen LogP contribution in [0.2, 0.25) is 0 Å². The number of benzene rings is 3. The number of aryl methyl sites for hydroxylation is 1. The van der Waals surface area contributed by atoms with Gasteiger partial charge >= 0.3 is 0 Å². The van der Waals surface area contributed by atoms with Crippen LogP contribution in [0.3, 0.4) is 0 Å². The topological polar surface area (TPSA) is 29.1 Å². The minimum absolute atomic E-state index is 0.0133. The van der Waals surface area contributed by atoms with Crippen LogP contribution in [0, 0.1) is 6.92 Å². The van der Waals surface area contributed by atoms with Gasteiger partial charge in [0, 0.05) is 10.6 Å². The second kappa shape index (κ2) is 7.84. The quantitative estimate of drug-likeness (QED) is 0.628. The lowest BCUT2D eigenvalue weighted by Crippen LogP contribution is -2.19. The van der Waals surface area contributed by atoms with Crippen LogP contribution in [0.1, 0.15) is 16.4 Å². The van der Waals surface area contributed by atoms with Crippen LogP contribution in [0.5, 0.6) is 0 Å². The van der Waals surface area contributed by atoms with Gasteiger partial charge < -0.3 is 5.32 Å². The molecule has 0 saturated carbocycles. The summed E-state index contributed by atoms with van der Waals surface area (Å²) >= 11 is 1.56. The summed E-state index contributed by atoms with van der Waals surface area (Å²) in [6, 6.07) is 27.8. The van der Waals surface area contributed by atoms with Gasteiger partial charge in [0.2, 0.25) is 5.91 Å². The lowest BCUT2D eigenvalue weighted by Gasteiger charge is -2.17. The number of anilines is 1. The normalized spacial score (nSPS) is 11.7. The van der Waals surface area contributed by atoms with E-state index < -0.39 is 0 Å². The first-order valence-electron chi connectivity index (χ1n) is 7.86. The van der Waals surface area contributed by atoms with E-state index in [0.717, 1.165) is 21.7 Å². The van der Waals surface area contributed by atoms with E-state index in [-0.39, 0.29) is 11.2 Å². The third kappa shape index (κ3) is 4.27. The van der Waals surface area contributed by atoms with Crippen molar-refractivity contribution in [2.45, 2.75) is 17.1 Å². The van der Waals surface area contributed by atoms with E-state index >= 15 is 0 Å². The molecule has 0 aliphatic carbocycles. The molecule has 1 amide bonds. The van der Waals surface area contributed by atoms with E-state index in [1.807, 2.05) is 91.9 Å². The first kappa shape index (κ1) is 16.3. The molecule has 120 valence electrons. The Bertz CT molecular complexity index is 802. The average molecular weight is 333 g/mol. The number of carbonyl (C=O) groups is 1. The smallest absolute Gasteiger partial charge is 0.242 e. The van der Waals surface area contributed by atoms with Gasteiger partial charge in [0.25, 0.3) is 0 Å². The van der Waals surface area contributed by atoms with Gasteiger partial charge in [-0.2, -0.15) is 0 Å². The maximum atomic E-state index is 12.9. The van der Waals surface area contributed by atoms with Crippen LogP contribution < -0.4 is 5.32 Å². The largest absolute Gasteiger partial charge is 0.325 e. The molecule has 0 spiro atoms. The van der Waals surface area contributed by atoms with Crippen LogP contribution >= 0.6 is 11.8 Å². The van der Waals surface area contributed by atoms with E-state index in [1.54, 1.807) is 11.8 Å². The van der Waals surface area contributed by atoms with Crippen molar-refractivity contribution in [3.8, 4) is 0 Å². The molecule has 0 aliphatic rings. The minimum Gasteiger partial charge on any atom is -0.325 e. The van der Waals surface area contributed by atoms with Gasteiger partial charge in [-0.3, -0.25) is 4.79 Å². The Morgan fingerprint density at radius 1 is 0.875 bits per heavy atom. The summed E-state index contributed by atoms with van der Waals surface area (Å²) in [5.74, 6) is -0.0133. The summed E-state index contributed by atoms with van der Waals surface area (Å²) in [5, 5.41) is 2.74. The van der Waals surface area contributed by atoms with Crippen molar-refractivity contribution in [1.29, 1.82) is 0 Å². The van der Waals surface area contributed by atoms with E-state index in [1.165, 1.54) is 0 Å². The molecule has 0 radical (unpaired) electrons. The number of carbonyl (C=O) groups excluding carboxylic acids is 1. The fraction of sp³-hybridized carbons (Fsp3) is 0.0952. The van der Waals surface area contributed by atoms with Gasteiger partial charge in [-0.05, 0) is 42.3 Å². The minimum atomic E-state index is -0.297. The summed E-state index contributed by atoms with van der Waals surface area (Å²) in [4.78, 5) is 14.0. The van der Waals surface area contributed by atoms with Crippen LogP contribution in [-0.4, -0.2) is 5.91 Å². The highest BCUT2D eigenvalue weighted by Crippen LogP contribution is 2.36. The van der Waals surface area contributed by atoms with Crippen molar-refractivity contribution in [1.82, 2.24) is 0 Å². The molecule has 2 nitrogen and oxygen atoms in total. The van der Waals surface area contributed by atoms with Crippen molar-refractivity contribution in [3.05, 3.63) is 96.1 Å². The lowest BCUT2D eigenvalue weighted by atomic mass is 10.1. The van der Waals surface area contributed by atoms with E-state index in [9.17, 15) is 4.79 Å². The molecule has 1 atom stereocenters. The van der Waals surface area contributed by atoms with Gasteiger partial charge in [-0.15, -0.1) is 11.8 Å². The van der Waals surface area contributed by atoms with Gasteiger partial charge in [0.05, 0.1) is 0 Å². The summed E-state index contributed by atoms with van der Waals surface area (Å²) in [5.41, 5.74) is 2.95. The van der Waals surface area contributed by atoms with Crippen molar-refractivity contribution >= 4 is 23.4 Å². The second-order valence-corrected chi connectivity index (χ2v) is 6.76. The maximum absolute atomic E-state index is 12.9. The number of amides is 1. The standard InChI is InChI=1S/C21H19NOS/c1-16-9-8-12-18(15-16)22-21(23)20(17-10-4-2-5-11-17)24-19-13-6-3-7-14-19/h2-15,20H,1H3,(H,22,23)/t20-/m0/s1. The first-order valence-corrected chi connectivity index (χ1v) is 8.74. The molecular formula is C21H19NOS. The average Bonchev–Trinajstić information content (AvgIpc) is 2.61. The van der Waals surface area contributed by atoms with Gasteiger partial charge in [-0.25, -0.2) is 0 Å². The zero-order valence-corrected chi connectivity index (χ0v) is 14.3. The highest BCUT2D eigenvalue weighted by Gasteiger charge is 2.22. The number of hydrogen-bond acceptors (Lipinski definition) is 2. The maximum Gasteiger partial charge on any atom is 0.242 e. The molecule has 3 aromatic carbocycles. The Kier molecular flexibility index (Phi) is 5.34. The van der Waals surface area contributed by atoms with Crippen molar-refractivity contribution in [2.24, 2.45) is 0 Å². The Balaban J connectivity index is 1.85. The van der Waals surface area contributed by atoms with E-state index in [4.69, 9.17) is 0 Å².